The van der Waals surface area contributed by atoms with E-state index in [0.29, 0.717) is 0 Å². The molecule has 5 heteroatoms. The number of imidazole rings is 1. The first-order valence-electron chi connectivity index (χ1n) is 9.21. The van der Waals surface area contributed by atoms with Crippen molar-refractivity contribution in [3.8, 4) is 0 Å². The number of amides is 1. The lowest BCUT2D eigenvalue weighted by atomic mass is 9.96. The Bertz CT molecular complexity index is 903. The minimum atomic E-state index is 0.0310. The van der Waals surface area contributed by atoms with Crippen molar-refractivity contribution < 1.29 is 4.79 Å². The summed E-state index contributed by atoms with van der Waals surface area (Å²) in [6.07, 6.45) is 4.05. The lowest BCUT2D eigenvalue weighted by Gasteiger charge is -2.32. The lowest BCUT2D eigenvalue weighted by Crippen LogP contribution is -2.40. The van der Waals surface area contributed by atoms with E-state index in [-0.39, 0.29) is 11.8 Å². The van der Waals surface area contributed by atoms with Gasteiger partial charge in [-0.1, -0.05) is 24.3 Å². The Kier molecular flexibility index (Phi) is 4.71. The summed E-state index contributed by atoms with van der Waals surface area (Å²) in [6, 6.07) is 15.8. The molecule has 0 saturated carbocycles. The number of aryl methyl sites for hydroxylation is 1. The average molecular weight is 348 g/mol. The standard InChI is InChI=1S/C21H24N4O/c1-16-19(25-13-6-5-11-20(25)22-16)15-24-12-7-8-17(14-24)21(26)23-18-9-3-2-4-10-18/h2-6,9-11,13,17H,7-8,12,14-15H2,1H3,(H,23,26). The second kappa shape index (κ2) is 7.30. The van der Waals surface area contributed by atoms with Crippen LogP contribution in [0.5, 0.6) is 0 Å². The summed E-state index contributed by atoms with van der Waals surface area (Å²) in [6.45, 7) is 4.70. The van der Waals surface area contributed by atoms with Crippen LogP contribution in [0.2, 0.25) is 0 Å². The number of benzene rings is 1. The Balaban J connectivity index is 1.45. The monoisotopic (exact) mass is 348 g/mol. The minimum absolute atomic E-state index is 0.0310. The Labute approximate surface area is 153 Å². The number of carbonyl (C=O) groups excluding carboxylic acids is 1. The number of fused-ring (bicyclic) bond motifs is 1. The SMILES string of the molecule is Cc1nc2ccccn2c1CN1CCCC(C(=O)Nc2ccccc2)C1. The van der Waals surface area contributed by atoms with Crippen LogP contribution in [0.3, 0.4) is 0 Å². The highest BCUT2D eigenvalue weighted by Crippen LogP contribution is 2.22. The molecular formula is C21H24N4O. The van der Waals surface area contributed by atoms with E-state index >= 15 is 0 Å². The zero-order chi connectivity index (χ0) is 17.9. The van der Waals surface area contributed by atoms with Crippen LogP contribution in [0.15, 0.2) is 54.7 Å². The smallest absolute Gasteiger partial charge is 0.228 e. The van der Waals surface area contributed by atoms with Gasteiger partial charge in [0.25, 0.3) is 0 Å². The maximum atomic E-state index is 12.6. The number of likely N-dealkylation sites (tertiary alicyclic amines) is 1. The highest BCUT2D eigenvalue weighted by Gasteiger charge is 2.26. The lowest BCUT2D eigenvalue weighted by molar-refractivity contribution is -0.121. The van der Waals surface area contributed by atoms with Crippen LogP contribution >= 0.6 is 0 Å². The van der Waals surface area contributed by atoms with Gasteiger partial charge in [0.15, 0.2) is 0 Å². The molecule has 0 radical (unpaired) electrons. The summed E-state index contributed by atoms with van der Waals surface area (Å²) < 4.78 is 2.16. The number of aromatic nitrogens is 2. The van der Waals surface area contributed by atoms with Gasteiger partial charge in [-0.15, -0.1) is 0 Å². The van der Waals surface area contributed by atoms with Crippen LogP contribution in [0.4, 0.5) is 5.69 Å². The van der Waals surface area contributed by atoms with Gasteiger partial charge in [-0.05, 0) is 50.6 Å². The normalized spacial score (nSPS) is 18.1. The quantitative estimate of drug-likeness (QED) is 0.785. The molecule has 26 heavy (non-hydrogen) atoms. The van der Waals surface area contributed by atoms with Gasteiger partial charge in [0, 0.05) is 25.0 Å². The fraction of sp³-hybridized carbons (Fsp3) is 0.333. The zero-order valence-electron chi connectivity index (χ0n) is 15.1. The largest absolute Gasteiger partial charge is 0.326 e. The van der Waals surface area contributed by atoms with Crippen molar-refractivity contribution in [2.75, 3.05) is 18.4 Å². The number of piperidine rings is 1. The number of para-hydroxylation sites is 1. The van der Waals surface area contributed by atoms with Crippen molar-refractivity contribution in [1.82, 2.24) is 14.3 Å². The molecule has 2 aromatic heterocycles. The molecule has 1 aliphatic heterocycles. The molecule has 3 aromatic rings. The van der Waals surface area contributed by atoms with Crippen LogP contribution in [-0.2, 0) is 11.3 Å². The second-order valence-electron chi connectivity index (χ2n) is 7.00. The summed E-state index contributed by atoms with van der Waals surface area (Å²) in [5.41, 5.74) is 4.12. The van der Waals surface area contributed by atoms with Crippen molar-refractivity contribution in [2.24, 2.45) is 5.92 Å². The van der Waals surface area contributed by atoms with E-state index in [1.54, 1.807) is 0 Å². The molecule has 0 aliphatic carbocycles. The number of hydrogen-bond donors (Lipinski definition) is 1. The summed E-state index contributed by atoms with van der Waals surface area (Å²) in [5, 5.41) is 3.05. The summed E-state index contributed by atoms with van der Waals surface area (Å²) in [7, 11) is 0. The van der Waals surface area contributed by atoms with E-state index in [4.69, 9.17) is 0 Å². The van der Waals surface area contributed by atoms with Crippen LogP contribution in [0, 0.1) is 12.8 Å². The molecular weight excluding hydrogens is 324 g/mol. The van der Waals surface area contributed by atoms with Crippen LogP contribution in [-0.4, -0.2) is 33.3 Å². The first kappa shape index (κ1) is 16.8. The molecule has 1 aliphatic rings. The average Bonchev–Trinajstić information content (AvgIpc) is 2.98. The summed E-state index contributed by atoms with van der Waals surface area (Å²) >= 11 is 0. The Morgan fingerprint density at radius 1 is 1.19 bits per heavy atom. The number of nitrogens with one attached hydrogen (secondary N) is 1. The van der Waals surface area contributed by atoms with E-state index in [0.717, 1.165) is 49.5 Å². The van der Waals surface area contributed by atoms with Crippen molar-refractivity contribution in [3.05, 3.63) is 66.1 Å². The number of rotatable bonds is 4. The third-order valence-electron chi connectivity index (χ3n) is 5.12. The first-order valence-corrected chi connectivity index (χ1v) is 9.21. The fourth-order valence-corrected chi connectivity index (χ4v) is 3.75. The fourth-order valence-electron chi connectivity index (χ4n) is 3.75. The van der Waals surface area contributed by atoms with Gasteiger partial charge in [0.1, 0.15) is 5.65 Å². The highest BCUT2D eigenvalue weighted by molar-refractivity contribution is 5.92. The van der Waals surface area contributed by atoms with Crippen molar-refractivity contribution >= 4 is 17.2 Å². The summed E-state index contributed by atoms with van der Waals surface area (Å²) in [5.74, 6) is 0.152. The molecule has 1 saturated heterocycles. The Hall–Kier alpha value is -2.66. The number of hydrogen-bond acceptors (Lipinski definition) is 3. The highest BCUT2D eigenvalue weighted by atomic mass is 16.1. The molecule has 1 fully saturated rings. The molecule has 0 spiro atoms. The van der Waals surface area contributed by atoms with E-state index in [9.17, 15) is 4.79 Å². The van der Waals surface area contributed by atoms with Gasteiger partial charge in [-0.3, -0.25) is 9.69 Å². The van der Waals surface area contributed by atoms with Crippen LogP contribution < -0.4 is 5.32 Å². The molecule has 1 atom stereocenters. The Morgan fingerprint density at radius 3 is 2.85 bits per heavy atom. The number of nitrogens with zero attached hydrogens (tertiary/aromatic N) is 3. The topological polar surface area (TPSA) is 49.6 Å². The molecule has 5 nitrogen and oxygen atoms in total. The van der Waals surface area contributed by atoms with Crippen molar-refractivity contribution in [3.63, 3.8) is 0 Å². The number of anilines is 1. The Morgan fingerprint density at radius 2 is 2.00 bits per heavy atom. The van der Waals surface area contributed by atoms with E-state index in [1.807, 2.05) is 48.5 Å². The zero-order valence-corrected chi connectivity index (χ0v) is 15.1. The van der Waals surface area contributed by atoms with Crippen molar-refractivity contribution in [2.45, 2.75) is 26.3 Å². The summed E-state index contributed by atoms with van der Waals surface area (Å²) in [4.78, 5) is 19.7. The van der Waals surface area contributed by atoms with E-state index in [2.05, 4.69) is 32.7 Å². The van der Waals surface area contributed by atoms with Crippen LogP contribution in [0.1, 0.15) is 24.2 Å². The molecule has 4 rings (SSSR count). The van der Waals surface area contributed by atoms with Gasteiger partial charge >= 0.3 is 0 Å². The van der Waals surface area contributed by atoms with Gasteiger partial charge in [0.2, 0.25) is 5.91 Å². The molecule has 0 bridgehead atoms. The molecule has 1 amide bonds. The minimum Gasteiger partial charge on any atom is -0.326 e. The predicted molar refractivity (Wildman–Crippen MR) is 103 cm³/mol. The van der Waals surface area contributed by atoms with Crippen LogP contribution in [0.25, 0.3) is 5.65 Å². The molecule has 3 heterocycles. The van der Waals surface area contributed by atoms with Crippen molar-refractivity contribution in [1.29, 1.82) is 0 Å². The maximum absolute atomic E-state index is 12.6. The molecule has 1 N–H and O–H groups in total. The number of pyridine rings is 1. The number of carbonyl (C=O) groups is 1. The molecule has 134 valence electrons. The predicted octanol–water partition coefficient (Wildman–Crippen LogP) is 3.49. The first-order chi connectivity index (χ1) is 12.7. The van der Waals surface area contributed by atoms with E-state index < -0.39 is 0 Å². The van der Waals surface area contributed by atoms with E-state index in [1.165, 1.54) is 5.69 Å². The maximum Gasteiger partial charge on any atom is 0.228 e. The van der Waals surface area contributed by atoms with Gasteiger partial charge in [-0.2, -0.15) is 0 Å². The molecule has 1 aromatic carbocycles. The van der Waals surface area contributed by atoms with Gasteiger partial charge < -0.3 is 9.72 Å². The third-order valence-corrected chi connectivity index (χ3v) is 5.12. The van der Waals surface area contributed by atoms with Gasteiger partial charge in [-0.25, -0.2) is 4.98 Å². The third kappa shape index (κ3) is 3.48. The molecule has 1 unspecified atom stereocenters. The second-order valence-corrected chi connectivity index (χ2v) is 7.00. The van der Waals surface area contributed by atoms with Gasteiger partial charge in [0.05, 0.1) is 17.3 Å².